The van der Waals surface area contributed by atoms with Crippen LogP contribution >= 0.6 is 0 Å². The molecule has 1 aliphatic rings. The first-order chi connectivity index (χ1) is 9.36. The molecule has 2 heterocycles. The fourth-order valence-corrected chi connectivity index (χ4v) is 2.27. The Morgan fingerprint density at radius 1 is 1.25 bits per heavy atom. The molecular weight excluding hydrogens is 271 g/mol. The van der Waals surface area contributed by atoms with E-state index in [1.54, 1.807) is 6.92 Å². The summed E-state index contributed by atoms with van der Waals surface area (Å²) in [6.45, 7) is 5.30. The average molecular weight is 289 g/mol. The van der Waals surface area contributed by atoms with Gasteiger partial charge in [0.25, 0.3) is 0 Å². The van der Waals surface area contributed by atoms with Gasteiger partial charge in [0.2, 0.25) is 0 Å². The Bertz CT molecular complexity index is 425. The van der Waals surface area contributed by atoms with Gasteiger partial charge in [-0.3, -0.25) is 4.90 Å². The molecule has 7 heteroatoms. The summed E-state index contributed by atoms with van der Waals surface area (Å²) >= 11 is 0. The van der Waals surface area contributed by atoms with Crippen LogP contribution in [0.4, 0.5) is 19.0 Å². The van der Waals surface area contributed by atoms with Crippen LogP contribution in [0.1, 0.15) is 12.5 Å². The second kappa shape index (κ2) is 5.97. The number of hydrogen-bond acceptors (Lipinski definition) is 4. The van der Waals surface area contributed by atoms with E-state index in [1.807, 2.05) is 4.90 Å². The molecule has 1 aliphatic heterocycles. The number of β-amino-alcohol motifs (C(OH)–C–C–N with tert-alkyl or cyclic N) is 1. The maximum atomic E-state index is 12.5. The minimum Gasteiger partial charge on any atom is -0.392 e. The average Bonchev–Trinajstić information content (AvgIpc) is 2.38. The third-order valence-electron chi connectivity index (χ3n) is 3.29. The third-order valence-corrected chi connectivity index (χ3v) is 3.29. The van der Waals surface area contributed by atoms with Crippen molar-refractivity contribution in [1.29, 1.82) is 0 Å². The molecule has 1 N–H and O–H groups in total. The highest BCUT2D eigenvalue weighted by Crippen LogP contribution is 2.29. The summed E-state index contributed by atoms with van der Waals surface area (Å²) < 4.78 is 37.4. The molecule has 112 valence electrons. The number of aliphatic hydroxyl groups is 1. The van der Waals surface area contributed by atoms with Crippen LogP contribution in [0.2, 0.25) is 0 Å². The van der Waals surface area contributed by atoms with Gasteiger partial charge in [-0.15, -0.1) is 0 Å². The highest BCUT2D eigenvalue weighted by Gasteiger charge is 2.31. The van der Waals surface area contributed by atoms with Gasteiger partial charge < -0.3 is 10.0 Å². The van der Waals surface area contributed by atoms with E-state index in [1.165, 1.54) is 6.07 Å². The fourth-order valence-electron chi connectivity index (χ4n) is 2.27. The van der Waals surface area contributed by atoms with Gasteiger partial charge >= 0.3 is 6.18 Å². The lowest BCUT2D eigenvalue weighted by Crippen LogP contribution is -2.48. The van der Waals surface area contributed by atoms with Crippen LogP contribution in [0.15, 0.2) is 18.3 Å². The van der Waals surface area contributed by atoms with Crippen molar-refractivity contribution in [2.45, 2.75) is 19.2 Å². The molecule has 1 saturated heterocycles. The zero-order valence-corrected chi connectivity index (χ0v) is 11.3. The van der Waals surface area contributed by atoms with Crippen LogP contribution in [0.5, 0.6) is 0 Å². The first kappa shape index (κ1) is 15.1. The number of aromatic nitrogens is 1. The van der Waals surface area contributed by atoms with E-state index < -0.39 is 11.7 Å². The van der Waals surface area contributed by atoms with Gasteiger partial charge in [-0.1, -0.05) is 0 Å². The molecule has 0 bridgehead atoms. The molecule has 0 radical (unpaired) electrons. The largest absolute Gasteiger partial charge is 0.417 e. The summed E-state index contributed by atoms with van der Waals surface area (Å²) in [5, 5.41) is 9.32. The Labute approximate surface area is 115 Å². The summed E-state index contributed by atoms with van der Waals surface area (Å²) in [6, 6.07) is 2.47. The molecule has 1 aromatic heterocycles. The van der Waals surface area contributed by atoms with Crippen molar-refractivity contribution in [3.8, 4) is 0 Å². The number of nitrogens with zero attached hydrogens (tertiary/aromatic N) is 3. The van der Waals surface area contributed by atoms with Gasteiger partial charge in [0.05, 0.1) is 11.7 Å². The molecule has 1 atom stereocenters. The van der Waals surface area contributed by atoms with Crippen molar-refractivity contribution in [2.24, 2.45) is 0 Å². The topological polar surface area (TPSA) is 39.6 Å². The molecule has 0 spiro atoms. The molecule has 4 nitrogen and oxygen atoms in total. The quantitative estimate of drug-likeness (QED) is 0.917. The van der Waals surface area contributed by atoms with Gasteiger partial charge in [-0.2, -0.15) is 13.2 Å². The summed E-state index contributed by atoms with van der Waals surface area (Å²) in [4.78, 5) is 7.98. The highest BCUT2D eigenvalue weighted by molar-refractivity contribution is 5.40. The van der Waals surface area contributed by atoms with Crippen LogP contribution < -0.4 is 4.90 Å². The lowest BCUT2D eigenvalue weighted by Gasteiger charge is -2.35. The van der Waals surface area contributed by atoms with Crippen LogP contribution in [0, 0.1) is 0 Å². The predicted molar refractivity (Wildman–Crippen MR) is 69.6 cm³/mol. The van der Waals surface area contributed by atoms with E-state index >= 15 is 0 Å². The number of hydrogen-bond donors (Lipinski definition) is 1. The van der Waals surface area contributed by atoms with Gasteiger partial charge in [0, 0.05) is 38.9 Å². The summed E-state index contributed by atoms with van der Waals surface area (Å²) in [5.74, 6) is 0.565. The summed E-state index contributed by atoms with van der Waals surface area (Å²) in [6.07, 6.45) is -3.84. The van der Waals surface area contributed by atoms with Crippen molar-refractivity contribution in [2.75, 3.05) is 37.6 Å². The second-order valence-corrected chi connectivity index (χ2v) is 5.04. The van der Waals surface area contributed by atoms with E-state index in [2.05, 4.69) is 9.88 Å². The Morgan fingerprint density at radius 2 is 1.90 bits per heavy atom. The lowest BCUT2D eigenvalue weighted by atomic mass is 10.2. The zero-order valence-electron chi connectivity index (χ0n) is 11.3. The zero-order chi connectivity index (χ0) is 14.8. The number of pyridine rings is 1. The first-order valence-electron chi connectivity index (χ1n) is 6.55. The Balaban J connectivity index is 1.94. The monoisotopic (exact) mass is 289 g/mol. The molecule has 0 unspecified atom stereocenters. The van der Waals surface area contributed by atoms with Crippen LogP contribution in [0.3, 0.4) is 0 Å². The van der Waals surface area contributed by atoms with Gasteiger partial charge in [-0.05, 0) is 19.1 Å². The molecule has 1 aromatic rings. The van der Waals surface area contributed by atoms with Crippen molar-refractivity contribution in [1.82, 2.24) is 9.88 Å². The first-order valence-corrected chi connectivity index (χ1v) is 6.55. The van der Waals surface area contributed by atoms with Gasteiger partial charge in [-0.25, -0.2) is 4.98 Å². The molecule has 20 heavy (non-hydrogen) atoms. The molecule has 0 amide bonds. The minimum atomic E-state index is -4.35. The lowest BCUT2D eigenvalue weighted by molar-refractivity contribution is -0.137. The van der Waals surface area contributed by atoms with E-state index in [4.69, 9.17) is 0 Å². The van der Waals surface area contributed by atoms with E-state index in [9.17, 15) is 18.3 Å². The van der Waals surface area contributed by atoms with Gasteiger partial charge in [0.15, 0.2) is 0 Å². The molecule has 0 aliphatic carbocycles. The molecule has 0 aromatic carbocycles. The Kier molecular flexibility index (Phi) is 4.49. The number of rotatable bonds is 3. The minimum absolute atomic E-state index is 0.370. The number of halogens is 3. The Morgan fingerprint density at radius 3 is 2.35 bits per heavy atom. The molecular formula is C13H18F3N3O. The van der Waals surface area contributed by atoms with Crippen molar-refractivity contribution < 1.29 is 18.3 Å². The number of piperazine rings is 1. The molecule has 1 fully saturated rings. The Hall–Kier alpha value is -1.34. The van der Waals surface area contributed by atoms with Crippen molar-refractivity contribution in [3.05, 3.63) is 23.9 Å². The fraction of sp³-hybridized carbons (Fsp3) is 0.615. The number of anilines is 1. The highest BCUT2D eigenvalue weighted by atomic mass is 19.4. The maximum absolute atomic E-state index is 12.5. The number of alkyl halides is 3. The van der Waals surface area contributed by atoms with Crippen molar-refractivity contribution in [3.63, 3.8) is 0 Å². The van der Waals surface area contributed by atoms with Crippen LogP contribution in [0.25, 0.3) is 0 Å². The SMILES string of the molecule is C[C@@H](O)CN1CCN(c2ccc(C(F)(F)F)cn2)CC1. The normalized spacial score (nSPS) is 19.1. The summed E-state index contributed by atoms with van der Waals surface area (Å²) in [7, 11) is 0. The van der Waals surface area contributed by atoms with Crippen molar-refractivity contribution >= 4 is 5.82 Å². The molecule has 2 rings (SSSR count). The van der Waals surface area contributed by atoms with Gasteiger partial charge in [0.1, 0.15) is 5.82 Å². The maximum Gasteiger partial charge on any atom is 0.417 e. The van der Waals surface area contributed by atoms with Crippen LogP contribution in [-0.4, -0.2) is 53.8 Å². The van der Waals surface area contributed by atoms with Crippen LogP contribution in [-0.2, 0) is 6.18 Å². The van der Waals surface area contributed by atoms with E-state index in [-0.39, 0.29) is 6.10 Å². The number of aliphatic hydroxyl groups excluding tert-OH is 1. The van der Waals surface area contributed by atoms with E-state index in [0.717, 1.165) is 25.4 Å². The standard InChI is InChI=1S/C13H18F3N3O/c1-10(20)9-18-4-6-19(7-5-18)12-3-2-11(8-17-12)13(14,15)16/h2-3,8,10,20H,4-7,9H2,1H3/t10-/m1/s1. The third kappa shape index (κ3) is 3.83. The molecule has 0 saturated carbocycles. The summed E-state index contributed by atoms with van der Waals surface area (Å²) in [5.41, 5.74) is -0.728. The second-order valence-electron chi connectivity index (χ2n) is 5.04. The van der Waals surface area contributed by atoms with E-state index in [0.29, 0.717) is 25.5 Å². The smallest absolute Gasteiger partial charge is 0.392 e. The predicted octanol–water partition coefficient (Wildman–Crippen LogP) is 1.60.